The van der Waals surface area contributed by atoms with Crippen molar-refractivity contribution in [2.45, 2.75) is 32.9 Å². The van der Waals surface area contributed by atoms with Crippen LogP contribution in [0.15, 0.2) is 48.5 Å². The van der Waals surface area contributed by atoms with Crippen LogP contribution in [0, 0.1) is 11.7 Å². The molecule has 0 aliphatic rings. The van der Waals surface area contributed by atoms with E-state index in [9.17, 15) is 14.0 Å². The first kappa shape index (κ1) is 20.4. The average Bonchev–Trinajstić information content (AvgIpc) is 2.65. The van der Waals surface area contributed by atoms with Gasteiger partial charge in [-0.05, 0) is 31.0 Å². The molecule has 2 amide bonds. The van der Waals surface area contributed by atoms with Gasteiger partial charge >= 0.3 is 0 Å². The molecule has 0 radical (unpaired) electrons. The molecule has 2 N–H and O–H groups in total. The highest BCUT2D eigenvalue weighted by Gasteiger charge is 2.27. The first-order chi connectivity index (χ1) is 12.8. The Hall–Kier alpha value is -2.89. The third-order valence-electron chi connectivity index (χ3n) is 4.32. The fourth-order valence-electron chi connectivity index (χ4n) is 2.80. The normalized spacial score (nSPS) is 13.0. The Morgan fingerprint density at radius 1 is 0.963 bits per heavy atom. The van der Waals surface area contributed by atoms with E-state index in [4.69, 9.17) is 4.74 Å². The van der Waals surface area contributed by atoms with Crippen molar-refractivity contribution in [2.24, 2.45) is 5.92 Å². The number of carbonyl (C=O) groups is 2. The molecule has 2 aromatic rings. The molecule has 0 saturated heterocycles. The summed E-state index contributed by atoms with van der Waals surface area (Å²) in [6.45, 7) is 5.48. The summed E-state index contributed by atoms with van der Waals surface area (Å²) in [7, 11) is 1.57. The monoisotopic (exact) mass is 372 g/mol. The van der Waals surface area contributed by atoms with Gasteiger partial charge in [-0.25, -0.2) is 4.39 Å². The Kier molecular flexibility index (Phi) is 6.93. The number of amides is 2. The highest BCUT2D eigenvalue weighted by Crippen LogP contribution is 2.24. The molecule has 0 aliphatic heterocycles. The molecule has 0 fully saturated rings. The van der Waals surface area contributed by atoms with Gasteiger partial charge in [0.05, 0.1) is 18.7 Å². The average molecular weight is 372 g/mol. The molecule has 0 aromatic heterocycles. The first-order valence-electron chi connectivity index (χ1n) is 8.83. The number of para-hydroxylation sites is 1. The Morgan fingerprint density at radius 2 is 1.59 bits per heavy atom. The van der Waals surface area contributed by atoms with Gasteiger partial charge in [0.2, 0.25) is 5.91 Å². The smallest absolute Gasteiger partial charge is 0.254 e. The minimum absolute atomic E-state index is 0.0891. The second kappa shape index (κ2) is 9.16. The van der Waals surface area contributed by atoms with E-state index in [2.05, 4.69) is 10.6 Å². The molecule has 6 heteroatoms. The number of ether oxygens (including phenoxy) is 1. The molecule has 27 heavy (non-hydrogen) atoms. The van der Waals surface area contributed by atoms with Crippen LogP contribution in [-0.4, -0.2) is 25.0 Å². The van der Waals surface area contributed by atoms with Crippen molar-refractivity contribution in [1.82, 2.24) is 10.6 Å². The van der Waals surface area contributed by atoms with E-state index in [0.717, 1.165) is 5.56 Å². The summed E-state index contributed by atoms with van der Waals surface area (Å²) in [5.41, 5.74) is 0.741. The third kappa shape index (κ3) is 5.06. The minimum Gasteiger partial charge on any atom is -0.496 e. The van der Waals surface area contributed by atoms with Crippen LogP contribution in [-0.2, 0) is 4.79 Å². The molecule has 2 atom stereocenters. The van der Waals surface area contributed by atoms with Crippen LogP contribution >= 0.6 is 0 Å². The van der Waals surface area contributed by atoms with Gasteiger partial charge in [0.25, 0.3) is 5.91 Å². The SMILES string of the molecule is COc1ccccc1C(C)NC(=O)C(NC(=O)c1ccccc1F)C(C)C. The maximum Gasteiger partial charge on any atom is 0.254 e. The Morgan fingerprint density at radius 3 is 2.22 bits per heavy atom. The fraction of sp³-hybridized carbons (Fsp3) is 0.333. The van der Waals surface area contributed by atoms with Gasteiger partial charge in [0.15, 0.2) is 0 Å². The number of hydrogen-bond donors (Lipinski definition) is 2. The van der Waals surface area contributed by atoms with Gasteiger partial charge in [-0.3, -0.25) is 9.59 Å². The molecule has 0 aliphatic carbocycles. The van der Waals surface area contributed by atoms with Gasteiger partial charge in [0, 0.05) is 5.56 Å². The largest absolute Gasteiger partial charge is 0.496 e. The van der Waals surface area contributed by atoms with Crippen LogP contribution in [0.1, 0.15) is 42.7 Å². The number of benzene rings is 2. The quantitative estimate of drug-likeness (QED) is 0.782. The summed E-state index contributed by atoms with van der Waals surface area (Å²) in [6, 6.07) is 12.0. The lowest BCUT2D eigenvalue weighted by atomic mass is 10.0. The zero-order valence-corrected chi connectivity index (χ0v) is 16.0. The predicted octanol–water partition coefficient (Wildman–Crippen LogP) is 3.47. The number of nitrogens with one attached hydrogen (secondary N) is 2. The maximum absolute atomic E-state index is 13.8. The van der Waals surface area contributed by atoms with Crippen molar-refractivity contribution < 1.29 is 18.7 Å². The maximum atomic E-state index is 13.8. The van der Waals surface area contributed by atoms with E-state index in [1.165, 1.54) is 18.2 Å². The lowest BCUT2D eigenvalue weighted by Crippen LogP contribution is -2.50. The fourth-order valence-corrected chi connectivity index (χ4v) is 2.80. The van der Waals surface area contributed by atoms with Gasteiger partial charge in [-0.2, -0.15) is 0 Å². The van der Waals surface area contributed by atoms with Gasteiger partial charge < -0.3 is 15.4 Å². The summed E-state index contributed by atoms with van der Waals surface area (Å²) in [5, 5.41) is 5.53. The summed E-state index contributed by atoms with van der Waals surface area (Å²) < 4.78 is 19.2. The van der Waals surface area contributed by atoms with Gasteiger partial charge in [0.1, 0.15) is 17.6 Å². The Balaban J connectivity index is 2.13. The van der Waals surface area contributed by atoms with E-state index in [1.54, 1.807) is 13.2 Å². The molecule has 2 unspecified atom stereocenters. The van der Waals surface area contributed by atoms with Crippen LogP contribution in [0.3, 0.4) is 0 Å². The third-order valence-corrected chi connectivity index (χ3v) is 4.32. The van der Waals surface area contributed by atoms with Crippen molar-refractivity contribution in [3.8, 4) is 5.75 Å². The minimum atomic E-state index is -0.797. The second-order valence-electron chi connectivity index (χ2n) is 6.65. The van der Waals surface area contributed by atoms with E-state index in [1.807, 2.05) is 45.0 Å². The predicted molar refractivity (Wildman–Crippen MR) is 102 cm³/mol. The van der Waals surface area contributed by atoms with Crippen LogP contribution in [0.5, 0.6) is 5.75 Å². The van der Waals surface area contributed by atoms with Crippen LogP contribution in [0.4, 0.5) is 4.39 Å². The molecule has 2 rings (SSSR count). The molecular formula is C21H25FN2O3. The van der Waals surface area contributed by atoms with Gasteiger partial charge in [-0.15, -0.1) is 0 Å². The van der Waals surface area contributed by atoms with Gasteiger partial charge in [-0.1, -0.05) is 44.2 Å². The summed E-state index contributed by atoms with van der Waals surface area (Å²) in [6.07, 6.45) is 0. The molecule has 2 aromatic carbocycles. The van der Waals surface area contributed by atoms with Crippen LogP contribution in [0.25, 0.3) is 0 Å². The first-order valence-corrected chi connectivity index (χ1v) is 8.83. The van der Waals surface area contributed by atoms with E-state index < -0.39 is 17.8 Å². The van der Waals surface area contributed by atoms with Crippen molar-refractivity contribution in [3.05, 3.63) is 65.5 Å². The zero-order valence-electron chi connectivity index (χ0n) is 16.0. The molecule has 0 spiro atoms. The van der Waals surface area contributed by atoms with Crippen LogP contribution in [0.2, 0.25) is 0 Å². The topological polar surface area (TPSA) is 67.4 Å². The summed E-state index contributed by atoms with van der Waals surface area (Å²) in [4.78, 5) is 25.1. The number of methoxy groups -OCH3 is 1. The lowest BCUT2D eigenvalue weighted by molar-refractivity contribution is -0.124. The van der Waals surface area contributed by atoms with Crippen LogP contribution < -0.4 is 15.4 Å². The number of rotatable bonds is 7. The highest BCUT2D eigenvalue weighted by molar-refractivity contribution is 5.97. The molecule has 5 nitrogen and oxygen atoms in total. The van der Waals surface area contributed by atoms with E-state index in [-0.39, 0.29) is 23.4 Å². The zero-order chi connectivity index (χ0) is 20.0. The lowest BCUT2D eigenvalue weighted by Gasteiger charge is -2.25. The number of carbonyl (C=O) groups excluding carboxylic acids is 2. The molecular weight excluding hydrogens is 347 g/mol. The molecule has 0 bridgehead atoms. The van der Waals surface area contributed by atoms with Crippen molar-refractivity contribution in [2.75, 3.05) is 7.11 Å². The van der Waals surface area contributed by atoms with E-state index >= 15 is 0 Å². The number of hydrogen-bond acceptors (Lipinski definition) is 3. The Labute approximate surface area is 158 Å². The highest BCUT2D eigenvalue weighted by atomic mass is 19.1. The Bertz CT molecular complexity index is 808. The number of halogens is 1. The van der Waals surface area contributed by atoms with Crippen molar-refractivity contribution >= 4 is 11.8 Å². The molecule has 0 saturated carbocycles. The second-order valence-corrected chi connectivity index (χ2v) is 6.65. The standard InChI is InChI=1S/C21H25FN2O3/c1-13(2)19(24-20(25)16-10-5-7-11-17(16)22)21(26)23-14(3)15-9-6-8-12-18(15)27-4/h5-14,19H,1-4H3,(H,23,26)(H,24,25). The van der Waals surface area contributed by atoms with Crippen molar-refractivity contribution in [3.63, 3.8) is 0 Å². The van der Waals surface area contributed by atoms with E-state index in [0.29, 0.717) is 5.75 Å². The molecule has 0 heterocycles. The van der Waals surface area contributed by atoms with Crippen molar-refractivity contribution in [1.29, 1.82) is 0 Å². The summed E-state index contributed by atoms with van der Waals surface area (Å²) in [5.74, 6) is -1.09. The molecule has 144 valence electrons. The summed E-state index contributed by atoms with van der Waals surface area (Å²) >= 11 is 0.